The molecule has 0 saturated carbocycles. The van der Waals surface area contributed by atoms with E-state index >= 15 is 0 Å². The first-order valence-corrected chi connectivity index (χ1v) is 10.6. The summed E-state index contributed by atoms with van der Waals surface area (Å²) in [6.45, 7) is 0. The zero-order valence-corrected chi connectivity index (χ0v) is 18.5. The van der Waals surface area contributed by atoms with Crippen molar-refractivity contribution >= 4 is 50.7 Å². The van der Waals surface area contributed by atoms with E-state index in [2.05, 4.69) is 39.0 Å². The molecule has 0 saturated heterocycles. The lowest BCUT2D eigenvalue weighted by atomic mass is 10.1. The topological polar surface area (TPSA) is 81.1 Å². The maximum atomic E-state index is 12.6. The van der Waals surface area contributed by atoms with Gasteiger partial charge in [0.15, 0.2) is 5.11 Å². The first-order valence-electron chi connectivity index (χ1n) is 10.2. The number of carbonyl (C=O) groups is 1. The Hall–Kier alpha value is -4.30. The van der Waals surface area contributed by atoms with Crippen molar-refractivity contribution in [2.24, 2.45) is 0 Å². The summed E-state index contributed by atoms with van der Waals surface area (Å²) in [5.41, 5.74) is 3.44. The number of fused-ring (bicyclic) bond motifs is 2. The number of anilines is 1. The van der Waals surface area contributed by atoms with Gasteiger partial charge in [-0.2, -0.15) is 0 Å². The fraction of sp³-hybridized carbons (Fsp3) is 0.0400. The van der Waals surface area contributed by atoms with Crippen molar-refractivity contribution in [3.63, 3.8) is 0 Å². The Labute approximate surface area is 195 Å². The van der Waals surface area contributed by atoms with Crippen LogP contribution in [0.5, 0.6) is 5.75 Å². The third kappa shape index (κ3) is 4.11. The molecule has 1 aromatic heterocycles. The van der Waals surface area contributed by atoms with Crippen LogP contribution in [-0.4, -0.2) is 33.1 Å². The van der Waals surface area contributed by atoms with Gasteiger partial charge in [0.05, 0.1) is 18.4 Å². The van der Waals surface area contributed by atoms with E-state index in [-0.39, 0.29) is 11.0 Å². The number of hydrogen-bond acceptors (Lipinski definition) is 5. The summed E-state index contributed by atoms with van der Waals surface area (Å²) in [5.74, 6) is 0.122. The largest absolute Gasteiger partial charge is 0.496 e. The second kappa shape index (κ2) is 8.68. The molecular formula is C25H19N5O2S. The highest BCUT2D eigenvalue weighted by Gasteiger charge is 2.14. The average Bonchev–Trinajstić information content (AvgIpc) is 3.26. The van der Waals surface area contributed by atoms with Crippen LogP contribution in [0.25, 0.3) is 27.5 Å². The number of aromatic nitrogens is 3. The normalized spacial score (nSPS) is 10.8. The molecule has 0 atom stereocenters. The quantitative estimate of drug-likeness (QED) is 0.384. The third-order valence-corrected chi connectivity index (χ3v) is 5.40. The number of para-hydroxylation sites is 1. The van der Waals surface area contributed by atoms with E-state index in [9.17, 15) is 4.79 Å². The van der Waals surface area contributed by atoms with Crippen molar-refractivity contribution in [1.29, 1.82) is 0 Å². The molecule has 0 aliphatic carbocycles. The molecule has 162 valence electrons. The number of nitrogens with one attached hydrogen (secondary N) is 2. The fourth-order valence-corrected chi connectivity index (χ4v) is 3.86. The molecule has 1 heterocycles. The van der Waals surface area contributed by atoms with Crippen LogP contribution in [0.2, 0.25) is 0 Å². The SMILES string of the molecule is COc1ccccc1C(=O)NC(=S)Nc1ccc2nn(-c3cccc4ccccc34)nc2c1. The van der Waals surface area contributed by atoms with Crippen LogP contribution in [-0.2, 0) is 0 Å². The van der Waals surface area contributed by atoms with Crippen LogP contribution >= 0.6 is 12.2 Å². The van der Waals surface area contributed by atoms with Crippen molar-refractivity contribution in [2.75, 3.05) is 12.4 Å². The van der Waals surface area contributed by atoms with Crippen molar-refractivity contribution in [3.05, 3.63) is 90.5 Å². The Morgan fingerprint density at radius 1 is 0.909 bits per heavy atom. The van der Waals surface area contributed by atoms with E-state index in [4.69, 9.17) is 17.0 Å². The van der Waals surface area contributed by atoms with Gasteiger partial charge < -0.3 is 10.1 Å². The Morgan fingerprint density at radius 2 is 1.67 bits per heavy atom. The van der Waals surface area contributed by atoms with Gasteiger partial charge in [-0.25, -0.2) is 0 Å². The third-order valence-electron chi connectivity index (χ3n) is 5.20. The van der Waals surface area contributed by atoms with Gasteiger partial charge in [-0.15, -0.1) is 15.0 Å². The maximum absolute atomic E-state index is 12.6. The highest BCUT2D eigenvalue weighted by molar-refractivity contribution is 7.80. The maximum Gasteiger partial charge on any atom is 0.261 e. The Kier molecular flexibility index (Phi) is 5.42. The number of rotatable bonds is 4. The monoisotopic (exact) mass is 453 g/mol. The molecule has 0 unspecified atom stereocenters. The lowest BCUT2D eigenvalue weighted by Gasteiger charge is -2.11. The standard InChI is InChI=1S/C25H19N5O2S/c1-32-23-12-5-4-10-19(23)24(31)27-25(33)26-17-13-14-20-21(15-17)29-30(28-20)22-11-6-8-16-7-2-3-9-18(16)22/h2-15H,1H3,(H2,26,27,31,33). The van der Waals surface area contributed by atoms with E-state index in [1.165, 1.54) is 7.11 Å². The van der Waals surface area contributed by atoms with Gasteiger partial charge in [0.1, 0.15) is 16.8 Å². The van der Waals surface area contributed by atoms with Crippen molar-refractivity contribution in [3.8, 4) is 11.4 Å². The minimum absolute atomic E-state index is 0.173. The van der Waals surface area contributed by atoms with Gasteiger partial charge >= 0.3 is 0 Å². The molecule has 7 nitrogen and oxygen atoms in total. The van der Waals surface area contributed by atoms with Crippen LogP contribution in [0.15, 0.2) is 84.9 Å². The van der Waals surface area contributed by atoms with Gasteiger partial charge in [0, 0.05) is 11.1 Å². The molecule has 0 spiro atoms. The minimum atomic E-state index is -0.354. The van der Waals surface area contributed by atoms with Crippen molar-refractivity contribution in [2.45, 2.75) is 0 Å². The number of hydrogen-bond donors (Lipinski definition) is 2. The summed E-state index contributed by atoms with van der Waals surface area (Å²) >= 11 is 5.32. The van der Waals surface area contributed by atoms with Crippen LogP contribution < -0.4 is 15.4 Å². The second-order valence-electron chi connectivity index (χ2n) is 7.30. The number of benzene rings is 4. The van der Waals surface area contributed by atoms with Gasteiger partial charge in [0.25, 0.3) is 5.91 Å². The number of nitrogens with zero attached hydrogens (tertiary/aromatic N) is 3. The number of carbonyl (C=O) groups excluding carboxylic acids is 1. The Morgan fingerprint density at radius 3 is 2.55 bits per heavy atom. The Bertz CT molecular complexity index is 1510. The second-order valence-corrected chi connectivity index (χ2v) is 7.71. The predicted molar refractivity (Wildman–Crippen MR) is 133 cm³/mol. The van der Waals surface area contributed by atoms with E-state index in [1.54, 1.807) is 29.1 Å². The first-order chi connectivity index (χ1) is 16.1. The summed E-state index contributed by atoms with van der Waals surface area (Å²) < 4.78 is 5.24. The lowest BCUT2D eigenvalue weighted by molar-refractivity contribution is 0.0975. The van der Waals surface area contributed by atoms with Crippen molar-refractivity contribution < 1.29 is 9.53 Å². The molecule has 0 radical (unpaired) electrons. The fourth-order valence-electron chi connectivity index (χ4n) is 3.65. The molecule has 2 N–H and O–H groups in total. The van der Waals surface area contributed by atoms with E-state index in [0.717, 1.165) is 22.0 Å². The van der Waals surface area contributed by atoms with Crippen LogP contribution in [0.3, 0.4) is 0 Å². The predicted octanol–water partition coefficient (Wildman–Crippen LogP) is 4.71. The molecule has 33 heavy (non-hydrogen) atoms. The molecule has 4 aromatic carbocycles. The summed E-state index contributed by atoms with van der Waals surface area (Å²) in [6.07, 6.45) is 0. The number of amides is 1. The smallest absolute Gasteiger partial charge is 0.261 e. The molecule has 0 aliphatic heterocycles. The van der Waals surface area contributed by atoms with Gasteiger partial charge in [-0.1, -0.05) is 48.5 Å². The minimum Gasteiger partial charge on any atom is -0.496 e. The summed E-state index contributed by atoms with van der Waals surface area (Å²) in [4.78, 5) is 14.2. The van der Waals surface area contributed by atoms with E-state index in [1.807, 2.05) is 42.5 Å². The lowest BCUT2D eigenvalue weighted by Crippen LogP contribution is -2.34. The van der Waals surface area contributed by atoms with Crippen LogP contribution in [0.1, 0.15) is 10.4 Å². The summed E-state index contributed by atoms with van der Waals surface area (Å²) in [5, 5.41) is 17.3. The molecular weight excluding hydrogens is 434 g/mol. The van der Waals surface area contributed by atoms with Crippen molar-refractivity contribution in [1.82, 2.24) is 20.3 Å². The van der Waals surface area contributed by atoms with Gasteiger partial charge in [-0.3, -0.25) is 10.1 Å². The zero-order valence-electron chi connectivity index (χ0n) is 17.6. The first kappa shape index (κ1) is 20.6. The van der Waals surface area contributed by atoms with E-state index in [0.29, 0.717) is 22.5 Å². The van der Waals surface area contributed by atoms with Gasteiger partial charge in [0.2, 0.25) is 0 Å². The number of thiocarbonyl (C=S) groups is 1. The highest BCUT2D eigenvalue weighted by atomic mass is 32.1. The molecule has 0 aliphatic rings. The highest BCUT2D eigenvalue weighted by Crippen LogP contribution is 2.23. The number of methoxy groups -OCH3 is 1. The molecule has 0 bridgehead atoms. The average molecular weight is 454 g/mol. The van der Waals surface area contributed by atoms with Gasteiger partial charge in [-0.05, 0) is 54.0 Å². The van der Waals surface area contributed by atoms with Crippen LogP contribution in [0, 0.1) is 0 Å². The molecule has 0 fully saturated rings. The van der Waals surface area contributed by atoms with Crippen LogP contribution in [0.4, 0.5) is 5.69 Å². The molecule has 1 amide bonds. The van der Waals surface area contributed by atoms with E-state index < -0.39 is 0 Å². The molecule has 8 heteroatoms. The Balaban J connectivity index is 1.37. The summed E-state index contributed by atoms with van der Waals surface area (Å²) in [6, 6.07) is 26.6. The zero-order chi connectivity index (χ0) is 22.8. The number of ether oxygens (including phenoxy) is 1. The molecule has 5 rings (SSSR count). The summed E-state index contributed by atoms with van der Waals surface area (Å²) in [7, 11) is 1.52. The molecule has 5 aromatic rings.